The van der Waals surface area contributed by atoms with Gasteiger partial charge in [-0.2, -0.15) is 5.26 Å². The van der Waals surface area contributed by atoms with Crippen LogP contribution in [-0.2, 0) is 14.3 Å². The van der Waals surface area contributed by atoms with E-state index in [1.54, 1.807) is 6.92 Å². The van der Waals surface area contributed by atoms with Crippen LogP contribution in [0.1, 0.15) is 38.2 Å². The number of hydrogen-bond donors (Lipinski definition) is 1. The van der Waals surface area contributed by atoms with Crippen LogP contribution in [0.25, 0.3) is 0 Å². The first kappa shape index (κ1) is 19.0. The Balaban J connectivity index is 2.68. The van der Waals surface area contributed by atoms with Crippen LogP contribution in [0.4, 0.5) is 4.39 Å². The van der Waals surface area contributed by atoms with Crippen LogP contribution in [-0.4, -0.2) is 12.6 Å². The Morgan fingerprint density at radius 2 is 2.20 bits per heavy atom. The van der Waals surface area contributed by atoms with E-state index in [9.17, 15) is 14.4 Å². The number of allylic oxidation sites excluding steroid dienone is 2. The zero-order valence-corrected chi connectivity index (χ0v) is 15.5. The second kappa shape index (κ2) is 8.17. The lowest BCUT2D eigenvalue weighted by Crippen LogP contribution is -2.26. The van der Waals surface area contributed by atoms with Gasteiger partial charge in [0.15, 0.2) is 0 Å². The SMILES string of the molecule is CCCC1=C(C(=O)OCC)[C@@H](c2ccc(F)c(Br)c2)C(C#N)=C(N)O1. The third-order valence-electron chi connectivity index (χ3n) is 3.75. The molecule has 132 valence electrons. The summed E-state index contributed by atoms with van der Waals surface area (Å²) < 4.78 is 24.5. The molecule has 0 radical (unpaired) electrons. The quantitative estimate of drug-likeness (QED) is 0.743. The summed E-state index contributed by atoms with van der Waals surface area (Å²) in [4.78, 5) is 12.6. The molecule has 0 bridgehead atoms. The summed E-state index contributed by atoms with van der Waals surface area (Å²) in [6.45, 7) is 3.81. The van der Waals surface area contributed by atoms with E-state index in [2.05, 4.69) is 15.9 Å². The van der Waals surface area contributed by atoms with Gasteiger partial charge in [0.1, 0.15) is 23.2 Å². The number of carbonyl (C=O) groups is 1. The Hall–Kier alpha value is -2.33. The van der Waals surface area contributed by atoms with E-state index in [0.29, 0.717) is 24.2 Å². The molecule has 0 saturated heterocycles. The highest BCUT2D eigenvalue weighted by molar-refractivity contribution is 9.10. The van der Waals surface area contributed by atoms with Gasteiger partial charge in [-0.15, -0.1) is 0 Å². The molecule has 0 saturated carbocycles. The highest BCUT2D eigenvalue weighted by atomic mass is 79.9. The van der Waals surface area contributed by atoms with Crippen molar-refractivity contribution in [2.24, 2.45) is 5.73 Å². The number of nitrogens with two attached hydrogens (primary N) is 1. The lowest BCUT2D eigenvalue weighted by molar-refractivity contribution is -0.139. The van der Waals surface area contributed by atoms with Gasteiger partial charge in [0.2, 0.25) is 5.88 Å². The number of hydrogen-bond acceptors (Lipinski definition) is 5. The van der Waals surface area contributed by atoms with Crippen molar-refractivity contribution in [2.45, 2.75) is 32.6 Å². The third-order valence-corrected chi connectivity index (χ3v) is 4.35. The molecule has 5 nitrogen and oxygen atoms in total. The minimum atomic E-state index is -0.767. The van der Waals surface area contributed by atoms with E-state index in [1.165, 1.54) is 18.2 Å². The van der Waals surface area contributed by atoms with Crippen molar-refractivity contribution < 1.29 is 18.7 Å². The van der Waals surface area contributed by atoms with E-state index < -0.39 is 17.7 Å². The minimum absolute atomic E-state index is 0.0514. The molecule has 1 heterocycles. The molecule has 1 aliphatic rings. The summed E-state index contributed by atoms with van der Waals surface area (Å²) in [6.07, 6.45) is 1.18. The van der Waals surface area contributed by atoms with Crippen molar-refractivity contribution >= 4 is 21.9 Å². The van der Waals surface area contributed by atoms with Crippen LogP contribution in [0.5, 0.6) is 0 Å². The Kier molecular flexibility index (Phi) is 6.21. The molecule has 1 aliphatic heterocycles. The molecule has 0 spiro atoms. The number of esters is 1. The highest BCUT2D eigenvalue weighted by Crippen LogP contribution is 2.41. The van der Waals surface area contributed by atoms with Crippen LogP contribution >= 0.6 is 15.9 Å². The van der Waals surface area contributed by atoms with Crippen LogP contribution in [0.15, 0.2) is 45.5 Å². The van der Waals surface area contributed by atoms with Crippen molar-refractivity contribution in [1.29, 1.82) is 5.26 Å². The summed E-state index contributed by atoms with van der Waals surface area (Å²) in [5.74, 6) is -1.46. The van der Waals surface area contributed by atoms with E-state index >= 15 is 0 Å². The van der Waals surface area contributed by atoms with Gasteiger partial charge in [0.25, 0.3) is 0 Å². The van der Waals surface area contributed by atoms with Crippen LogP contribution in [0, 0.1) is 17.1 Å². The maximum Gasteiger partial charge on any atom is 0.338 e. The van der Waals surface area contributed by atoms with Gasteiger partial charge in [0.05, 0.1) is 22.6 Å². The van der Waals surface area contributed by atoms with Crippen molar-refractivity contribution in [1.82, 2.24) is 0 Å². The van der Waals surface area contributed by atoms with E-state index in [1.807, 2.05) is 13.0 Å². The van der Waals surface area contributed by atoms with E-state index in [-0.39, 0.29) is 28.1 Å². The molecular weight excluding hydrogens is 391 g/mol. The molecule has 2 N–H and O–H groups in total. The predicted octanol–water partition coefficient (Wildman–Crippen LogP) is 4.01. The number of rotatable bonds is 5. The number of nitrogens with zero attached hydrogens (tertiary/aromatic N) is 1. The molecule has 1 aromatic carbocycles. The summed E-state index contributed by atoms with van der Waals surface area (Å²) >= 11 is 3.13. The zero-order chi connectivity index (χ0) is 18.6. The highest BCUT2D eigenvalue weighted by Gasteiger charge is 2.37. The fourth-order valence-corrected chi connectivity index (χ4v) is 3.08. The largest absolute Gasteiger partial charge is 0.463 e. The summed E-state index contributed by atoms with van der Waals surface area (Å²) in [7, 11) is 0. The van der Waals surface area contributed by atoms with Gasteiger partial charge in [0, 0.05) is 6.42 Å². The van der Waals surface area contributed by atoms with Gasteiger partial charge in [-0.3, -0.25) is 0 Å². The van der Waals surface area contributed by atoms with Crippen molar-refractivity contribution in [3.8, 4) is 6.07 Å². The van der Waals surface area contributed by atoms with Crippen LogP contribution in [0.3, 0.4) is 0 Å². The van der Waals surface area contributed by atoms with Crippen molar-refractivity contribution in [2.75, 3.05) is 6.61 Å². The van der Waals surface area contributed by atoms with Crippen LogP contribution in [0.2, 0.25) is 0 Å². The molecule has 0 fully saturated rings. The summed E-state index contributed by atoms with van der Waals surface area (Å²) in [6, 6.07) is 6.31. The summed E-state index contributed by atoms with van der Waals surface area (Å²) in [5, 5.41) is 9.53. The average Bonchev–Trinajstić information content (AvgIpc) is 2.57. The molecule has 2 rings (SSSR count). The Bertz CT molecular complexity index is 796. The fraction of sp³-hybridized carbons (Fsp3) is 0.333. The van der Waals surface area contributed by atoms with Gasteiger partial charge >= 0.3 is 5.97 Å². The molecular formula is C18H18BrFN2O3. The molecule has 0 aliphatic carbocycles. The second-order valence-corrected chi connectivity index (χ2v) is 6.26. The Labute approximate surface area is 154 Å². The second-order valence-electron chi connectivity index (χ2n) is 5.41. The standard InChI is InChI=1S/C18H18BrFN2O3/c1-3-5-14-16(18(23)24-4-2)15(11(9-21)17(22)25-14)10-6-7-13(20)12(19)8-10/h6-8,15H,3-5,22H2,1-2H3/t15-/m0/s1. The zero-order valence-electron chi connectivity index (χ0n) is 13.9. The topological polar surface area (TPSA) is 85.3 Å². The number of ether oxygens (including phenoxy) is 2. The molecule has 1 atom stereocenters. The number of halogens is 2. The fourth-order valence-electron chi connectivity index (χ4n) is 2.69. The minimum Gasteiger partial charge on any atom is -0.463 e. The first-order chi connectivity index (χ1) is 11.9. The average molecular weight is 409 g/mol. The number of benzene rings is 1. The van der Waals surface area contributed by atoms with Crippen LogP contribution < -0.4 is 5.73 Å². The van der Waals surface area contributed by atoms with Gasteiger partial charge in [-0.05, 0) is 47.0 Å². The van der Waals surface area contributed by atoms with E-state index in [4.69, 9.17) is 15.2 Å². The van der Waals surface area contributed by atoms with Crippen molar-refractivity contribution in [3.05, 3.63) is 56.8 Å². The first-order valence-electron chi connectivity index (χ1n) is 7.87. The van der Waals surface area contributed by atoms with Gasteiger partial charge in [-0.25, -0.2) is 9.18 Å². The molecule has 0 unspecified atom stereocenters. The summed E-state index contributed by atoms with van der Waals surface area (Å²) in [5.41, 5.74) is 6.78. The molecule has 0 aromatic heterocycles. The third kappa shape index (κ3) is 3.85. The smallest absolute Gasteiger partial charge is 0.338 e. The normalized spacial score (nSPS) is 17.2. The maximum atomic E-state index is 13.6. The lowest BCUT2D eigenvalue weighted by atomic mass is 9.82. The Morgan fingerprint density at radius 1 is 1.48 bits per heavy atom. The lowest BCUT2D eigenvalue weighted by Gasteiger charge is -2.28. The van der Waals surface area contributed by atoms with Gasteiger partial charge in [-0.1, -0.05) is 13.0 Å². The Morgan fingerprint density at radius 3 is 2.76 bits per heavy atom. The molecule has 1 aromatic rings. The number of nitriles is 1. The molecule has 0 amide bonds. The van der Waals surface area contributed by atoms with Gasteiger partial charge < -0.3 is 15.2 Å². The van der Waals surface area contributed by atoms with Crippen molar-refractivity contribution in [3.63, 3.8) is 0 Å². The molecule has 7 heteroatoms. The molecule has 25 heavy (non-hydrogen) atoms. The first-order valence-corrected chi connectivity index (χ1v) is 8.66. The van der Waals surface area contributed by atoms with E-state index in [0.717, 1.165) is 0 Å². The predicted molar refractivity (Wildman–Crippen MR) is 93.3 cm³/mol. The maximum absolute atomic E-state index is 13.6. The number of carbonyl (C=O) groups excluding carboxylic acids is 1. The monoisotopic (exact) mass is 408 g/mol.